The summed E-state index contributed by atoms with van der Waals surface area (Å²) in [5.74, 6) is 1.21. The highest BCUT2D eigenvalue weighted by Crippen LogP contribution is 2.37. The molecule has 2 heterocycles. The highest BCUT2D eigenvalue weighted by molar-refractivity contribution is 6.31. The number of hydrogen-bond donors (Lipinski definition) is 2. The molecule has 2 aliphatic rings. The van der Waals surface area contributed by atoms with Gasteiger partial charge in [0, 0.05) is 17.2 Å². The molecule has 3 rings (SSSR count). The summed E-state index contributed by atoms with van der Waals surface area (Å²) in [7, 11) is 0. The lowest BCUT2D eigenvalue weighted by Crippen LogP contribution is -2.36. The van der Waals surface area contributed by atoms with Crippen LogP contribution in [0.2, 0.25) is 5.02 Å². The van der Waals surface area contributed by atoms with E-state index in [0.29, 0.717) is 24.1 Å². The third-order valence-electron chi connectivity index (χ3n) is 3.58. The number of nitrogens with zero attached hydrogens (tertiary/aromatic N) is 1. The van der Waals surface area contributed by atoms with Crippen LogP contribution in [0.15, 0.2) is 23.2 Å². The molecular weight excluding hydrogens is 278 g/mol. The van der Waals surface area contributed by atoms with Gasteiger partial charge in [0.25, 0.3) is 0 Å². The van der Waals surface area contributed by atoms with Crippen LogP contribution in [0.4, 0.5) is 0 Å². The number of fused-ring (bicyclic) bond motifs is 1. The Morgan fingerprint density at radius 3 is 3.20 bits per heavy atom. The zero-order chi connectivity index (χ0) is 13.9. The number of ether oxygens (including phenoxy) is 2. The summed E-state index contributed by atoms with van der Waals surface area (Å²) in [5.41, 5.74) is 6.87. The maximum atomic E-state index is 6.21. The standard InChI is InChI=1S/C14H18ClN3O2/c15-10-4-1-5-12-13(10)11(8-20-12)18-14(16)17-7-9-3-2-6-19-9/h1,4-5,9,11H,2-3,6-8H2,(H3,16,17,18). The van der Waals surface area contributed by atoms with E-state index in [1.165, 1.54) is 0 Å². The molecule has 3 N–H and O–H groups in total. The van der Waals surface area contributed by atoms with Gasteiger partial charge in [0.2, 0.25) is 0 Å². The molecule has 108 valence electrons. The van der Waals surface area contributed by atoms with E-state index in [2.05, 4.69) is 10.3 Å². The lowest BCUT2D eigenvalue weighted by atomic mass is 10.1. The van der Waals surface area contributed by atoms with E-state index in [1.807, 2.05) is 18.2 Å². The molecule has 6 heteroatoms. The second kappa shape index (κ2) is 5.89. The van der Waals surface area contributed by atoms with Gasteiger partial charge in [0.15, 0.2) is 5.96 Å². The minimum Gasteiger partial charge on any atom is -0.491 e. The average Bonchev–Trinajstić information content (AvgIpc) is 3.07. The maximum absolute atomic E-state index is 6.21. The SMILES string of the molecule is NC(=NCC1CCCO1)NC1COc2cccc(Cl)c21. The highest BCUT2D eigenvalue weighted by Gasteiger charge is 2.27. The minimum absolute atomic E-state index is 0.0491. The monoisotopic (exact) mass is 295 g/mol. The molecule has 5 nitrogen and oxygen atoms in total. The molecular formula is C14H18ClN3O2. The van der Waals surface area contributed by atoms with Crippen molar-refractivity contribution in [2.75, 3.05) is 19.8 Å². The van der Waals surface area contributed by atoms with Crippen LogP contribution in [0.3, 0.4) is 0 Å². The second-order valence-corrected chi connectivity index (χ2v) is 5.43. The van der Waals surface area contributed by atoms with Crippen LogP contribution in [-0.4, -0.2) is 31.8 Å². The summed E-state index contributed by atoms with van der Waals surface area (Å²) in [4.78, 5) is 4.33. The van der Waals surface area contributed by atoms with Gasteiger partial charge in [-0.05, 0) is 25.0 Å². The van der Waals surface area contributed by atoms with Crippen LogP contribution in [0.5, 0.6) is 5.75 Å². The van der Waals surface area contributed by atoms with E-state index in [-0.39, 0.29) is 12.1 Å². The Kier molecular flexibility index (Phi) is 3.98. The number of benzene rings is 1. The molecule has 0 radical (unpaired) electrons. The summed E-state index contributed by atoms with van der Waals surface area (Å²) in [6, 6.07) is 5.58. The second-order valence-electron chi connectivity index (χ2n) is 5.02. The van der Waals surface area contributed by atoms with Crippen molar-refractivity contribution in [3.05, 3.63) is 28.8 Å². The van der Waals surface area contributed by atoms with Crippen LogP contribution >= 0.6 is 11.6 Å². The molecule has 2 atom stereocenters. The largest absolute Gasteiger partial charge is 0.491 e. The van der Waals surface area contributed by atoms with Crippen LogP contribution in [0, 0.1) is 0 Å². The Morgan fingerprint density at radius 2 is 2.40 bits per heavy atom. The predicted molar refractivity (Wildman–Crippen MR) is 78.3 cm³/mol. The summed E-state index contributed by atoms with van der Waals surface area (Å²) >= 11 is 6.21. The molecule has 2 unspecified atom stereocenters. The lowest BCUT2D eigenvalue weighted by molar-refractivity contribution is 0.117. The van der Waals surface area contributed by atoms with Crippen molar-refractivity contribution in [2.45, 2.75) is 25.0 Å². The molecule has 0 aromatic heterocycles. The Bertz CT molecular complexity index is 515. The molecule has 0 spiro atoms. The van der Waals surface area contributed by atoms with Crippen LogP contribution < -0.4 is 15.8 Å². The van der Waals surface area contributed by atoms with Crippen molar-refractivity contribution >= 4 is 17.6 Å². The summed E-state index contributed by atoms with van der Waals surface area (Å²) in [5, 5.41) is 3.85. The van der Waals surface area contributed by atoms with Gasteiger partial charge in [-0.15, -0.1) is 0 Å². The first-order valence-corrected chi connectivity index (χ1v) is 7.21. The first kappa shape index (κ1) is 13.5. The molecule has 20 heavy (non-hydrogen) atoms. The third-order valence-corrected chi connectivity index (χ3v) is 3.91. The number of hydrogen-bond acceptors (Lipinski definition) is 3. The van der Waals surface area contributed by atoms with Crippen molar-refractivity contribution in [3.63, 3.8) is 0 Å². The van der Waals surface area contributed by atoms with Gasteiger partial charge in [0.05, 0.1) is 18.7 Å². The molecule has 1 aromatic rings. The van der Waals surface area contributed by atoms with E-state index in [1.54, 1.807) is 0 Å². The molecule has 2 aliphatic heterocycles. The number of halogens is 1. The number of aliphatic imine (C=N–C) groups is 1. The van der Waals surface area contributed by atoms with E-state index >= 15 is 0 Å². The lowest BCUT2D eigenvalue weighted by Gasteiger charge is -2.14. The quantitative estimate of drug-likeness (QED) is 0.660. The maximum Gasteiger partial charge on any atom is 0.189 e. The fraction of sp³-hybridized carbons (Fsp3) is 0.500. The first-order chi connectivity index (χ1) is 9.74. The van der Waals surface area contributed by atoms with Gasteiger partial charge in [0.1, 0.15) is 12.4 Å². The first-order valence-electron chi connectivity index (χ1n) is 6.83. The molecule has 1 aromatic carbocycles. The number of guanidine groups is 1. The smallest absolute Gasteiger partial charge is 0.189 e. The minimum atomic E-state index is -0.0491. The molecule has 0 saturated carbocycles. The van der Waals surface area contributed by atoms with Crippen molar-refractivity contribution in [3.8, 4) is 5.75 Å². The summed E-state index contributed by atoms with van der Waals surface area (Å²) < 4.78 is 11.1. The zero-order valence-corrected chi connectivity index (χ0v) is 11.9. The van der Waals surface area contributed by atoms with Gasteiger partial charge < -0.3 is 20.5 Å². The van der Waals surface area contributed by atoms with Crippen LogP contribution in [-0.2, 0) is 4.74 Å². The molecule has 0 amide bonds. The Balaban J connectivity index is 1.63. The Hall–Kier alpha value is -1.46. The van der Waals surface area contributed by atoms with E-state index in [0.717, 1.165) is 30.8 Å². The summed E-state index contributed by atoms with van der Waals surface area (Å²) in [6.45, 7) is 1.93. The van der Waals surface area contributed by atoms with Crippen LogP contribution in [0.25, 0.3) is 0 Å². The van der Waals surface area contributed by atoms with Gasteiger partial charge in [-0.2, -0.15) is 0 Å². The van der Waals surface area contributed by atoms with Crippen molar-refractivity contribution in [1.29, 1.82) is 0 Å². The summed E-state index contributed by atoms with van der Waals surface area (Å²) in [6.07, 6.45) is 2.36. The Labute approximate surface area is 123 Å². The van der Waals surface area contributed by atoms with Gasteiger partial charge in [-0.1, -0.05) is 17.7 Å². The van der Waals surface area contributed by atoms with Crippen molar-refractivity contribution in [1.82, 2.24) is 5.32 Å². The topological polar surface area (TPSA) is 68.9 Å². The Morgan fingerprint density at radius 1 is 1.50 bits per heavy atom. The fourth-order valence-corrected chi connectivity index (χ4v) is 2.86. The zero-order valence-electron chi connectivity index (χ0n) is 11.1. The molecule has 0 bridgehead atoms. The van der Waals surface area contributed by atoms with E-state index in [4.69, 9.17) is 26.8 Å². The number of nitrogens with two attached hydrogens (primary N) is 1. The van der Waals surface area contributed by atoms with Crippen LogP contribution in [0.1, 0.15) is 24.4 Å². The van der Waals surface area contributed by atoms with Gasteiger partial charge in [-0.25, -0.2) is 0 Å². The molecule has 1 fully saturated rings. The molecule has 0 aliphatic carbocycles. The van der Waals surface area contributed by atoms with Crippen molar-refractivity contribution < 1.29 is 9.47 Å². The predicted octanol–water partition coefficient (Wildman–Crippen LogP) is 1.86. The van der Waals surface area contributed by atoms with Crippen molar-refractivity contribution in [2.24, 2.45) is 10.7 Å². The van der Waals surface area contributed by atoms with Gasteiger partial charge >= 0.3 is 0 Å². The number of rotatable bonds is 3. The highest BCUT2D eigenvalue weighted by atomic mass is 35.5. The van der Waals surface area contributed by atoms with E-state index in [9.17, 15) is 0 Å². The number of nitrogens with one attached hydrogen (secondary N) is 1. The third kappa shape index (κ3) is 2.83. The normalized spacial score (nSPS) is 25.4. The fourth-order valence-electron chi connectivity index (χ4n) is 2.56. The van der Waals surface area contributed by atoms with Gasteiger partial charge in [-0.3, -0.25) is 4.99 Å². The average molecular weight is 296 g/mol. The molecule has 1 saturated heterocycles. The van der Waals surface area contributed by atoms with E-state index < -0.39 is 0 Å².